The van der Waals surface area contributed by atoms with E-state index >= 15 is 0 Å². The van der Waals surface area contributed by atoms with E-state index in [1.165, 1.54) is 7.05 Å². The monoisotopic (exact) mass is 271 g/mol. The number of hydrogen-bond acceptors (Lipinski definition) is 4. The van der Waals surface area contributed by atoms with E-state index in [1.54, 1.807) is 0 Å². The van der Waals surface area contributed by atoms with Gasteiger partial charge in [0.2, 0.25) is 5.91 Å². The standard InChI is InChI=1S/C12H21N3O4/c1-3-12(10(17)18)5-7-15(8-12)6-4-9(16)14-11(19)13-2/h3-8H2,1-2H3,(H,17,18)(H2,13,14,16,19). The van der Waals surface area contributed by atoms with E-state index < -0.39 is 17.4 Å². The zero-order chi connectivity index (χ0) is 14.5. The lowest BCUT2D eigenvalue weighted by Crippen LogP contribution is -2.39. The van der Waals surface area contributed by atoms with Crippen LogP contribution in [-0.4, -0.2) is 54.6 Å². The molecule has 0 aromatic carbocycles. The summed E-state index contributed by atoms with van der Waals surface area (Å²) in [6.45, 7) is 3.48. The molecule has 0 aromatic heterocycles. The average molecular weight is 271 g/mol. The van der Waals surface area contributed by atoms with E-state index in [-0.39, 0.29) is 12.3 Å². The highest BCUT2D eigenvalue weighted by atomic mass is 16.4. The minimum Gasteiger partial charge on any atom is -0.481 e. The summed E-state index contributed by atoms with van der Waals surface area (Å²) in [7, 11) is 1.44. The van der Waals surface area contributed by atoms with Crippen molar-refractivity contribution < 1.29 is 19.5 Å². The summed E-state index contributed by atoms with van der Waals surface area (Å²) in [5.41, 5.74) is -0.683. The number of amides is 3. The molecule has 1 aliphatic heterocycles. The van der Waals surface area contributed by atoms with Crippen molar-refractivity contribution in [1.29, 1.82) is 0 Å². The van der Waals surface area contributed by atoms with Gasteiger partial charge in [-0.25, -0.2) is 4.79 Å². The highest BCUT2D eigenvalue weighted by Gasteiger charge is 2.42. The Balaban J connectivity index is 2.39. The number of nitrogens with zero attached hydrogens (tertiary/aromatic N) is 1. The number of urea groups is 1. The van der Waals surface area contributed by atoms with Crippen LogP contribution in [0.5, 0.6) is 0 Å². The molecule has 108 valence electrons. The molecule has 0 saturated carbocycles. The lowest BCUT2D eigenvalue weighted by molar-refractivity contribution is -0.148. The Morgan fingerprint density at radius 2 is 2.05 bits per heavy atom. The molecule has 1 atom stereocenters. The molecule has 1 fully saturated rings. The maximum absolute atomic E-state index is 11.4. The van der Waals surface area contributed by atoms with Crippen LogP contribution in [0.1, 0.15) is 26.2 Å². The number of carboxylic acids is 1. The molecule has 0 aromatic rings. The second-order valence-corrected chi connectivity index (χ2v) is 4.84. The Hall–Kier alpha value is -1.63. The van der Waals surface area contributed by atoms with Crippen LogP contribution in [0.15, 0.2) is 0 Å². The fourth-order valence-corrected chi connectivity index (χ4v) is 2.27. The maximum atomic E-state index is 11.4. The zero-order valence-corrected chi connectivity index (χ0v) is 11.4. The normalized spacial score (nSPS) is 23.1. The first-order valence-corrected chi connectivity index (χ1v) is 6.41. The SMILES string of the molecule is CCC1(C(=O)O)CCN(CCC(=O)NC(=O)NC)C1. The molecule has 0 spiro atoms. The number of carboxylic acid groups (broad SMARTS) is 1. The van der Waals surface area contributed by atoms with Crippen LogP contribution in [0.2, 0.25) is 0 Å². The van der Waals surface area contributed by atoms with Crippen LogP contribution in [0.3, 0.4) is 0 Å². The highest BCUT2D eigenvalue weighted by molar-refractivity contribution is 5.94. The largest absolute Gasteiger partial charge is 0.481 e. The molecular weight excluding hydrogens is 250 g/mol. The van der Waals surface area contributed by atoms with Gasteiger partial charge in [-0.3, -0.25) is 14.9 Å². The van der Waals surface area contributed by atoms with Gasteiger partial charge in [0, 0.05) is 26.6 Å². The number of aliphatic carboxylic acids is 1. The number of hydrogen-bond donors (Lipinski definition) is 3. The molecule has 3 N–H and O–H groups in total. The molecule has 1 unspecified atom stereocenters. The van der Waals surface area contributed by atoms with Crippen molar-refractivity contribution in [3.05, 3.63) is 0 Å². The first kappa shape index (κ1) is 15.4. The molecular formula is C12H21N3O4. The summed E-state index contributed by atoms with van der Waals surface area (Å²) in [4.78, 5) is 35.6. The smallest absolute Gasteiger partial charge is 0.321 e. The lowest BCUT2D eigenvalue weighted by atomic mass is 9.84. The number of rotatable bonds is 5. The van der Waals surface area contributed by atoms with Crippen molar-refractivity contribution in [2.24, 2.45) is 5.41 Å². The minimum atomic E-state index is -0.771. The van der Waals surface area contributed by atoms with Crippen molar-refractivity contribution in [2.45, 2.75) is 26.2 Å². The van der Waals surface area contributed by atoms with E-state index in [1.807, 2.05) is 11.8 Å². The predicted octanol–water partition coefficient (Wildman–Crippen LogP) is 0.0188. The number of imide groups is 1. The molecule has 1 saturated heterocycles. The molecule has 0 aliphatic carbocycles. The van der Waals surface area contributed by atoms with E-state index in [4.69, 9.17) is 0 Å². The number of carbonyl (C=O) groups excluding carboxylic acids is 2. The van der Waals surface area contributed by atoms with Gasteiger partial charge in [0.05, 0.1) is 5.41 Å². The van der Waals surface area contributed by atoms with Gasteiger partial charge in [0.1, 0.15) is 0 Å². The lowest BCUT2D eigenvalue weighted by Gasteiger charge is -2.22. The molecule has 3 amide bonds. The number of carbonyl (C=O) groups is 3. The Bertz CT molecular complexity index is 372. The molecule has 0 bridgehead atoms. The Kier molecular flexibility index (Phi) is 5.29. The molecule has 1 rings (SSSR count). The number of nitrogens with one attached hydrogen (secondary N) is 2. The summed E-state index contributed by atoms with van der Waals surface area (Å²) in [5.74, 6) is -1.13. The Morgan fingerprint density at radius 1 is 1.37 bits per heavy atom. The molecule has 0 radical (unpaired) electrons. The first-order valence-electron chi connectivity index (χ1n) is 6.41. The van der Waals surface area contributed by atoms with Crippen LogP contribution in [0.25, 0.3) is 0 Å². The van der Waals surface area contributed by atoms with Crippen LogP contribution in [0.4, 0.5) is 4.79 Å². The Labute approximate surface area is 112 Å². The van der Waals surface area contributed by atoms with E-state index in [0.29, 0.717) is 32.5 Å². The minimum absolute atomic E-state index is 0.187. The van der Waals surface area contributed by atoms with Gasteiger partial charge >= 0.3 is 12.0 Å². The topological polar surface area (TPSA) is 98.7 Å². The van der Waals surface area contributed by atoms with Crippen molar-refractivity contribution in [2.75, 3.05) is 26.7 Å². The quantitative estimate of drug-likeness (QED) is 0.654. The molecule has 19 heavy (non-hydrogen) atoms. The maximum Gasteiger partial charge on any atom is 0.321 e. The second-order valence-electron chi connectivity index (χ2n) is 4.84. The third kappa shape index (κ3) is 3.92. The van der Waals surface area contributed by atoms with Gasteiger partial charge < -0.3 is 15.3 Å². The van der Waals surface area contributed by atoms with Crippen LogP contribution in [-0.2, 0) is 9.59 Å². The summed E-state index contributed by atoms with van der Waals surface area (Å²) < 4.78 is 0. The third-order valence-corrected chi connectivity index (χ3v) is 3.70. The third-order valence-electron chi connectivity index (χ3n) is 3.70. The van der Waals surface area contributed by atoms with Gasteiger partial charge in [-0.15, -0.1) is 0 Å². The Morgan fingerprint density at radius 3 is 2.53 bits per heavy atom. The molecule has 7 nitrogen and oxygen atoms in total. The molecule has 1 heterocycles. The van der Waals surface area contributed by atoms with Gasteiger partial charge in [-0.1, -0.05) is 6.92 Å². The van der Waals surface area contributed by atoms with Crippen LogP contribution < -0.4 is 10.6 Å². The van der Waals surface area contributed by atoms with E-state index in [0.717, 1.165) is 0 Å². The van der Waals surface area contributed by atoms with Gasteiger partial charge in [-0.2, -0.15) is 0 Å². The summed E-state index contributed by atoms with van der Waals surface area (Å²) in [6, 6.07) is -0.528. The van der Waals surface area contributed by atoms with Crippen molar-refractivity contribution in [3.63, 3.8) is 0 Å². The number of likely N-dealkylation sites (tertiary alicyclic amines) is 1. The van der Waals surface area contributed by atoms with Crippen molar-refractivity contribution >= 4 is 17.9 Å². The van der Waals surface area contributed by atoms with Crippen molar-refractivity contribution in [3.8, 4) is 0 Å². The zero-order valence-electron chi connectivity index (χ0n) is 11.4. The summed E-state index contributed by atoms with van der Waals surface area (Å²) >= 11 is 0. The summed E-state index contributed by atoms with van der Waals surface area (Å²) in [5, 5.41) is 13.7. The molecule has 1 aliphatic rings. The molecule has 7 heteroatoms. The fraction of sp³-hybridized carbons (Fsp3) is 0.750. The van der Waals surface area contributed by atoms with E-state index in [2.05, 4.69) is 10.6 Å². The van der Waals surface area contributed by atoms with Gasteiger partial charge in [-0.05, 0) is 19.4 Å². The highest BCUT2D eigenvalue weighted by Crippen LogP contribution is 2.34. The van der Waals surface area contributed by atoms with Crippen LogP contribution in [0, 0.1) is 5.41 Å². The average Bonchev–Trinajstić information content (AvgIpc) is 2.81. The van der Waals surface area contributed by atoms with Gasteiger partial charge in [0.25, 0.3) is 0 Å². The summed E-state index contributed by atoms with van der Waals surface area (Å²) in [6.07, 6.45) is 1.38. The van der Waals surface area contributed by atoms with E-state index in [9.17, 15) is 19.5 Å². The first-order chi connectivity index (χ1) is 8.93. The van der Waals surface area contributed by atoms with Crippen LogP contribution >= 0.6 is 0 Å². The van der Waals surface area contributed by atoms with Gasteiger partial charge in [0.15, 0.2) is 0 Å². The fourth-order valence-electron chi connectivity index (χ4n) is 2.27. The predicted molar refractivity (Wildman–Crippen MR) is 68.6 cm³/mol. The second kappa shape index (κ2) is 6.51. The van der Waals surface area contributed by atoms with Crippen molar-refractivity contribution in [1.82, 2.24) is 15.5 Å².